The Labute approximate surface area is 201 Å². The van der Waals surface area contributed by atoms with E-state index in [9.17, 15) is 9.59 Å². The normalized spacial score (nSPS) is 13.6. The number of nitrogens with one attached hydrogen (secondary N) is 1. The molecule has 1 aliphatic heterocycles. The Bertz CT molecular complexity index is 1210. The number of benzene rings is 3. The fraction of sp³-hybridized carbons (Fsp3) is 0.241. The molecule has 3 aromatic carbocycles. The average molecular weight is 454 g/mol. The van der Waals surface area contributed by atoms with E-state index in [4.69, 9.17) is 0 Å². The molecule has 0 aliphatic carbocycles. The van der Waals surface area contributed by atoms with Gasteiger partial charge in [0.05, 0.1) is 11.3 Å². The summed E-state index contributed by atoms with van der Waals surface area (Å²) in [6, 6.07) is 23.2. The number of anilines is 3. The van der Waals surface area contributed by atoms with E-state index >= 15 is 0 Å². The van der Waals surface area contributed by atoms with Gasteiger partial charge in [0.25, 0.3) is 11.8 Å². The summed E-state index contributed by atoms with van der Waals surface area (Å²) in [4.78, 5) is 30.7. The Kier molecular flexibility index (Phi) is 6.82. The number of rotatable bonds is 8. The first kappa shape index (κ1) is 23.3. The van der Waals surface area contributed by atoms with Crippen LogP contribution in [-0.2, 0) is 16.0 Å². The molecule has 1 aliphatic rings. The van der Waals surface area contributed by atoms with Crippen LogP contribution in [0.25, 0.3) is 5.57 Å². The molecule has 0 fully saturated rings. The first-order valence-electron chi connectivity index (χ1n) is 11.9. The van der Waals surface area contributed by atoms with Crippen molar-refractivity contribution in [3.63, 3.8) is 0 Å². The minimum Gasteiger partial charge on any atom is -0.372 e. The van der Waals surface area contributed by atoms with Crippen molar-refractivity contribution < 1.29 is 9.59 Å². The van der Waals surface area contributed by atoms with Crippen LogP contribution >= 0.6 is 0 Å². The maximum absolute atomic E-state index is 13.6. The Morgan fingerprint density at radius 3 is 1.94 bits per heavy atom. The van der Waals surface area contributed by atoms with Gasteiger partial charge in [-0.15, -0.1) is 0 Å². The van der Waals surface area contributed by atoms with Crippen LogP contribution in [0.2, 0.25) is 0 Å². The fourth-order valence-corrected chi connectivity index (χ4v) is 4.24. The van der Waals surface area contributed by atoms with Crippen molar-refractivity contribution in [3.8, 4) is 0 Å². The third kappa shape index (κ3) is 4.46. The van der Waals surface area contributed by atoms with Gasteiger partial charge in [-0.2, -0.15) is 0 Å². The van der Waals surface area contributed by atoms with E-state index in [1.165, 1.54) is 4.90 Å². The van der Waals surface area contributed by atoms with Crippen molar-refractivity contribution in [3.05, 3.63) is 95.2 Å². The molecule has 0 saturated heterocycles. The first-order valence-corrected chi connectivity index (χ1v) is 11.9. The fourth-order valence-electron chi connectivity index (χ4n) is 4.24. The second-order valence-electron chi connectivity index (χ2n) is 8.43. The van der Waals surface area contributed by atoms with Crippen molar-refractivity contribution in [2.24, 2.45) is 0 Å². The number of hydrogen-bond donors (Lipinski definition) is 1. The number of carbonyl (C=O) groups excluding carboxylic acids is 2. The highest BCUT2D eigenvalue weighted by Gasteiger charge is 2.40. The molecule has 5 heteroatoms. The molecule has 4 rings (SSSR count). The summed E-state index contributed by atoms with van der Waals surface area (Å²) in [5.41, 5.74) is 6.11. The SMILES string of the molecule is CCc1ccc(N2C(=O)C(Nc3ccc(N(CC)CC)cc3)=C(c3ccc(C)cc3)C2=O)cc1. The lowest BCUT2D eigenvalue weighted by molar-refractivity contribution is -0.120. The van der Waals surface area contributed by atoms with Gasteiger partial charge in [-0.1, -0.05) is 48.9 Å². The van der Waals surface area contributed by atoms with E-state index in [1.54, 1.807) is 0 Å². The van der Waals surface area contributed by atoms with Crippen molar-refractivity contribution in [2.75, 3.05) is 28.2 Å². The van der Waals surface area contributed by atoms with Crippen LogP contribution in [-0.4, -0.2) is 24.9 Å². The lowest BCUT2D eigenvalue weighted by atomic mass is 10.0. The largest absolute Gasteiger partial charge is 0.372 e. The van der Waals surface area contributed by atoms with Gasteiger partial charge < -0.3 is 10.2 Å². The molecule has 1 N–H and O–H groups in total. The molecule has 0 spiro atoms. The van der Waals surface area contributed by atoms with Crippen molar-refractivity contribution in [1.82, 2.24) is 0 Å². The highest BCUT2D eigenvalue weighted by Crippen LogP contribution is 2.34. The van der Waals surface area contributed by atoms with E-state index in [2.05, 4.69) is 31.0 Å². The molecule has 34 heavy (non-hydrogen) atoms. The molecule has 3 aromatic rings. The molecule has 0 saturated carbocycles. The van der Waals surface area contributed by atoms with Gasteiger partial charge in [0.1, 0.15) is 5.70 Å². The molecule has 2 amide bonds. The average Bonchev–Trinajstić information content (AvgIpc) is 3.10. The third-order valence-electron chi connectivity index (χ3n) is 6.29. The smallest absolute Gasteiger partial charge is 0.282 e. The molecule has 0 aromatic heterocycles. The van der Waals surface area contributed by atoms with Crippen LogP contribution < -0.4 is 15.1 Å². The van der Waals surface area contributed by atoms with Gasteiger partial charge in [0, 0.05) is 24.5 Å². The molecule has 0 unspecified atom stereocenters. The maximum atomic E-state index is 13.6. The van der Waals surface area contributed by atoms with Gasteiger partial charge in [0.15, 0.2) is 0 Å². The van der Waals surface area contributed by atoms with E-state index in [1.807, 2.05) is 79.7 Å². The van der Waals surface area contributed by atoms with E-state index in [0.717, 1.165) is 47.6 Å². The van der Waals surface area contributed by atoms with Gasteiger partial charge >= 0.3 is 0 Å². The lowest BCUT2D eigenvalue weighted by Crippen LogP contribution is -2.32. The standard InChI is InChI=1S/C29H31N3O2/c1-5-21-10-16-25(17-11-21)32-28(33)26(22-12-8-20(4)9-13-22)27(29(32)34)30-23-14-18-24(19-15-23)31(6-2)7-3/h8-19,30H,5-7H2,1-4H3. The van der Waals surface area contributed by atoms with Crippen LogP contribution in [0, 0.1) is 6.92 Å². The molecular formula is C29H31N3O2. The summed E-state index contributed by atoms with van der Waals surface area (Å²) in [7, 11) is 0. The summed E-state index contributed by atoms with van der Waals surface area (Å²) in [5, 5.41) is 3.26. The molecule has 0 bridgehead atoms. The quantitative estimate of drug-likeness (QED) is 0.438. The molecule has 1 heterocycles. The number of carbonyl (C=O) groups is 2. The molecule has 0 atom stereocenters. The first-order chi connectivity index (χ1) is 16.5. The summed E-state index contributed by atoms with van der Waals surface area (Å²) >= 11 is 0. The predicted octanol–water partition coefficient (Wildman–Crippen LogP) is 5.80. The zero-order valence-electron chi connectivity index (χ0n) is 20.3. The summed E-state index contributed by atoms with van der Waals surface area (Å²) in [5.74, 6) is -0.669. The highest BCUT2D eigenvalue weighted by atomic mass is 16.2. The van der Waals surface area contributed by atoms with Crippen LogP contribution in [0.1, 0.15) is 37.5 Å². The van der Waals surface area contributed by atoms with Gasteiger partial charge in [-0.05, 0) is 74.7 Å². The van der Waals surface area contributed by atoms with Gasteiger partial charge in [-0.25, -0.2) is 4.90 Å². The molecule has 0 radical (unpaired) electrons. The second-order valence-corrected chi connectivity index (χ2v) is 8.43. The minimum atomic E-state index is -0.349. The Morgan fingerprint density at radius 1 is 0.765 bits per heavy atom. The zero-order valence-corrected chi connectivity index (χ0v) is 20.3. The van der Waals surface area contributed by atoms with Crippen molar-refractivity contribution in [2.45, 2.75) is 34.1 Å². The number of nitrogens with zero attached hydrogens (tertiary/aromatic N) is 2. The highest BCUT2D eigenvalue weighted by molar-refractivity contribution is 6.46. The summed E-state index contributed by atoms with van der Waals surface area (Å²) in [6.45, 7) is 10.2. The predicted molar refractivity (Wildman–Crippen MR) is 140 cm³/mol. The summed E-state index contributed by atoms with van der Waals surface area (Å²) in [6.07, 6.45) is 0.894. The van der Waals surface area contributed by atoms with Crippen LogP contribution in [0.4, 0.5) is 17.1 Å². The van der Waals surface area contributed by atoms with Crippen LogP contribution in [0.15, 0.2) is 78.5 Å². The molecular weight excluding hydrogens is 422 g/mol. The topological polar surface area (TPSA) is 52.7 Å². The van der Waals surface area contributed by atoms with Crippen molar-refractivity contribution >= 4 is 34.4 Å². The van der Waals surface area contributed by atoms with Crippen LogP contribution in [0.5, 0.6) is 0 Å². The van der Waals surface area contributed by atoms with E-state index in [0.29, 0.717) is 17.0 Å². The van der Waals surface area contributed by atoms with Gasteiger partial charge in [0.2, 0.25) is 0 Å². The molecule has 5 nitrogen and oxygen atoms in total. The monoisotopic (exact) mass is 453 g/mol. The second kappa shape index (κ2) is 9.96. The number of amides is 2. The third-order valence-corrected chi connectivity index (χ3v) is 6.29. The van der Waals surface area contributed by atoms with Crippen molar-refractivity contribution in [1.29, 1.82) is 0 Å². The number of aryl methyl sites for hydroxylation is 2. The number of hydrogen-bond acceptors (Lipinski definition) is 4. The molecule has 174 valence electrons. The Balaban J connectivity index is 1.72. The Morgan fingerprint density at radius 2 is 1.38 bits per heavy atom. The minimum absolute atomic E-state index is 0.295. The Hall–Kier alpha value is -3.86. The van der Waals surface area contributed by atoms with Crippen LogP contribution in [0.3, 0.4) is 0 Å². The number of imide groups is 1. The van der Waals surface area contributed by atoms with E-state index in [-0.39, 0.29) is 11.8 Å². The van der Waals surface area contributed by atoms with Gasteiger partial charge in [-0.3, -0.25) is 9.59 Å². The maximum Gasteiger partial charge on any atom is 0.282 e. The lowest BCUT2D eigenvalue weighted by Gasteiger charge is -2.21. The zero-order chi connectivity index (χ0) is 24.2. The van der Waals surface area contributed by atoms with E-state index < -0.39 is 0 Å². The summed E-state index contributed by atoms with van der Waals surface area (Å²) < 4.78 is 0.